The molecule has 0 aliphatic carbocycles. The molecule has 0 spiro atoms. The molecule has 0 saturated heterocycles. The van der Waals surface area contributed by atoms with Crippen LogP contribution in [0.1, 0.15) is 242 Å². The van der Waals surface area contributed by atoms with Gasteiger partial charge in [-0.2, -0.15) is 39.5 Å². The highest BCUT2D eigenvalue weighted by atomic mass is 79.9. The fraction of sp³-hybridized carbons (Fsp3) is 0.392. The molecule has 0 atom stereocenters. The molecule has 0 amide bonds. The molecule has 0 fully saturated rings. The molecule has 0 aliphatic heterocycles. The highest BCUT2D eigenvalue weighted by Crippen LogP contribution is 2.39. The number of hydrogen-bond acceptors (Lipinski definition) is 0. The molecule has 0 saturated carbocycles. The van der Waals surface area contributed by atoms with E-state index >= 15 is 0 Å². The monoisotopic (exact) mass is 1600 g/mol. The lowest BCUT2D eigenvalue weighted by atomic mass is 9.97. The maximum atomic E-state index is 12.6. The van der Waals surface area contributed by atoms with Gasteiger partial charge in [-0.05, 0) is 204 Å². The van der Waals surface area contributed by atoms with E-state index in [4.69, 9.17) is 58.0 Å². The Balaban J connectivity index is 0.000000563. The molecule has 0 nitrogen and oxygen atoms in total. The maximum absolute atomic E-state index is 12.6. The fourth-order valence-electron chi connectivity index (χ4n) is 8.70. The number of halogens is 19. The smallest absolute Gasteiger partial charge is 0.204 e. The van der Waals surface area contributed by atoms with Gasteiger partial charge in [0.25, 0.3) is 0 Å². The first-order valence-corrected chi connectivity index (χ1v) is 35.2. The van der Waals surface area contributed by atoms with E-state index in [0.29, 0.717) is 55.8 Å². The number of hydrogen-bond donors (Lipinski definition) is 0. The molecule has 8 aromatic carbocycles. The summed E-state index contributed by atoms with van der Waals surface area (Å²) in [7, 11) is 0. The van der Waals surface area contributed by atoms with E-state index in [-0.39, 0.29) is 23.5 Å². The topological polar surface area (TPSA) is 0 Å². The summed E-state index contributed by atoms with van der Waals surface area (Å²) in [5.41, 5.74) is 9.23. The zero-order valence-corrected chi connectivity index (χ0v) is 66.0. The zero-order valence-electron chi connectivity index (χ0n) is 59.1. The number of alkyl halides is 9. The van der Waals surface area contributed by atoms with Gasteiger partial charge in [0.05, 0.1) is 31.8 Å². The van der Waals surface area contributed by atoms with Crippen molar-refractivity contribution in [3.63, 3.8) is 0 Å². The lowest BCUT2D eigenvalue weighted by molar-refractivity contribution is -0.143. The van der Waals surface area contributed by atoms with E-state index < -0.39 is 58.6 Å². The molecule has 0 aromatic heterocycles. The Labute approximate surface area is 616 Å². The van der Waals surface area contributed by atoms with Crippen LogP contribution in [-0.4, -0.2) is 0 Å². The Hall–Kier alpha value is -4.67. The van der Waals surface area contributed by atoms with Gasteiger partial charge >= 0.3 is 18.5 Å². The van der Waals surface area contributed by atoms with Gasteiger partial charge in [0.15, 0.2) is 17.5 Å². The largest absolute Gasteiger partial charge is 0.416 e. The van der Waals surface area contributed by atoms with Crippen LogP contribution in [0, 0.1) is 45.1 Å². The first kappa shape index (κ1) is 91.3. The van der Waals surface area contributed by atoms with E-state index in [0.717, 1.165) is 59.9 Å². The maximum Gasteiger partial charge on any atom is 0.416 e. The van der Waals surface area contributed by atoms with Crippen molar-refractivity contribution < 1.29 is 52.7 Å². The second-order valence-corrected chi connectivity index (χ2v) is 29.8. The lowest BCUT2D eigenvalue weighted by Gasteiger charge is -2.15. The summed E-state index contributed by atoms with van der Waals surface area (Å²) in [4.78, 5) is 0. The quantitative estimate of drug-likeness (QED) is 0.105. The average molecular weight is 1610 g/mol. The second kappa shape index (κ2) is 42.1. The Morgan fingerprint density at radius 1 is 0.286 bits per heavy atom. The van der Waals surface area contributed by atoms with Gasteiger partial charge in [-0.1, -0.05) is 277 Å². The van der Waals surface area contributed by atoms with Crippen molar-refractivity contribution in [2.45, 2.75) is 204 Å². The first-order valence-electron chi connectivity index (χ1n) is 31.7. The predicted molar refractivity (Wildman–Crippen MR) is 399 cm³/mol. The van der Waals surface area contributed by atoms with Crippen molar-refractivity contribution in [2.75, 3.05) is 0 Å². The van der Waals surface area contributed by atoms with E-state index in [1.807, 2.05) is 50.2 Å². The van der Waals surface area contributed by atoms with Crippen molar-refractivity contribution in [1.82, 2.24) is 0 Å². The Bertz CT molecular complexity index is 3480. The van der Waals surface area contributed by atoms with Crippen LogP contribution in [0.25, 0.3) is 0 Å². The van der Waals surface area contributed by atoms with Crippen molar-refractivity contribution in [3.8, 4) is 0 Å². The summed E-state index contributed by atoms with van der Waals surface area (Å²) in [6, 6.07) is 38.9. The van der Waals surface area contributed by atoms with Gasteiger partial charge in [0.2, 0.25) is 0 Å². The Morgan fingerprint density at radius 3 is 0.888 bits per heavy atom. The van der Waals surface area contributed by atoms with E-state index in [1.165, 1.54) is 59.4 Å². The molecule has 540 valence electrons. The van der Waals surface area contributed by atoms with Crippen LogP contribution in [0.5, 0.6) is 0 Å². The van der Waals surface area contributed by atoms with Crippen molar-refractivity contribution in [3.05, 3.63) is 274 Å². The minimum Gasteiger partial charge on any atom is -0.204 e. The van der Waals surface area contributed by atoms with Gasteiger partial charge in [0, 0.05) is 19.0 Å². The SMILES string of the molecule is CC(C)c1c(Cl)cccc1Cl.CC(C)c1cc(Br)cc(Br)c1.CC(C)c1cc(C(F)(F)F)cc(C(F)(F)F)c1.CC(C)c1cc(Cl)c(Cl)c(Cl)c1.CC(C)c1cc(F)c(F)c(F)c1.Cc1cc(C(C)C)cc(C(F)(F)F)c1.Cc1cc(C)cc(C(C)C)c1.Cc1ccc(C(C)C)cc1. The highest BCUT2D eigenvalue weighted by Gasteiger charge is 2.37. The molecule has 0 radical (unpaired) electrons. The normalized spacial score (nSPS) is 11.3. The van der Waals surface area contributed by atoms with Crippen LogP contribution < -0.4 is 0 Å². The van der Waals surface area contributed by atoms with Gasteiger partial charge in [-0.15, -0.1) is 0 Å². The standard InChI is InChI=1S/C11H10F6.C11H13F3.C11H16.C10H14.C9H10Br2.C9H9Cl3.C9H10Cl2.C9H9F3/c1-6(2)7-3-8(10(12,13)14)5-9(4-7)11(15,16)17;1-7(2)9-4-8(3)5-10(6-9)11(12,13)14;1-8(2)11-6-9(3)5-10(4)7-11;1-8(2)10-6-4-9(3)5-7-10;1-6(2)7-3-8(10)5-9(11)4-7;1-5(2)6-3-7(10)9(12)8(11)4-6;1-6(2)9-7(10)4-3-5-8(9)11;1-5(2)6-3-7(10)9(12)8(11)4-6/h3-6H,1-2H3;4-7H,1-3H3;5-8H,1-4H3;4-8H,1-3H3;3-6H,1-2H3;3-5H,1-2H3;3-6H,1-2H3;3-5H,1-2H3. The van der Waals surface area contributed by atoms with Crippen LogP contribution in [0.4, 0.5) is 52.7 Å². The lowest BCUT2D eigenvalue weighted by Crippen LogP contribution is -2.12. The highest BCUT2D eigenvalue weighted by molar-refractivity contribution is 9.11. The molecule has 0 bridgehead atoms. The number of benzene rings is 8. The van der Waals surface area contributed by atoms with E-state index in [2.05, 4.69) is 176 Å². The van der Waals surface area contributed by atoms with Crippen LogP contribution in [-0.2, 0) is 18.5 Å². The zero-order chi connectivity index (χ0) is 75.8. The molecule has 0 heterocycles. The molecule has 0 aliphatic rings. The Morgan fingerprint density at radius 2 is 0.571 bits per heavy atom. The van der Waals surface area contributed by atoms with Crippen molar-refractivity contribution in [1.29, 1.82) is 0 Å². The third-order valence-electron chi connectivity index (χ3n) is 14.5. The summed E-state index contributed by atoms with van der Waals surface area (Å²) in [5.74, 6) is -1.26. The molecule has 8 aromatic rings. The van der Waals surface area contributed by atoms with Gasteiger partial charge in [-0.3, -0.25) is 0 Å². The average Bonchev–Trinajstić information content (AvgIpc) is 0.807. The van der Waals surface area contributed by atoms with Crippen LogP contribution in [0.2, 0.25) is 25.1 Å². The number of rotatable bonds is 8. The van der Waals surface area contributed by atoms with Crippen LogP contribution in [0.15, 0.2) is 148 Å². The molecule has 19 heteroatoms. The van der Waals surface area contributed by atoms with Gasteiger partial charge in [0.1, 0.15) is 0 Å². The fourth-order valence-corrected chi connectivity index (χ4v) is 11.5. The summed E-state index contributed by atoms with van der Waals surface area (Å²) in [5, 5.41) is 2.99. The predicted octanol–water partition coefficient (Wildman–Crippen LogP) is 32.0. The molecule has 8 rings (SSSR count). The molecule has 98 heavy (non-hydrogen) atoms. The minimum absolute atomic E-state index is 0.00500. The summed E-state index contributed by atoms with van der Waals surface area (Å²) in [6.45, 7) is 40.1. The molecule has 0 N–H and O–H groups in total. The second-order valence-electron chi connectivity index (χ2n) is 26.0. The van der Waals surface area contributed by atoms with Crippen LogP contribution in [0.3, 0.4) is 0 Å². The number of aryl methyl sites for hydroxylation is 4. The summed E-state index contributed by atoms with van der Waals surface area (Å²) in [6.07, 6.45) is -13.8. The first-order chi connectivity index (χ1) is 44.9. The molecular weight excluding hydrogens is 1510 g/mol. The van der Waals surface area contributed by atoms with Crippen LogP contribution >= 0.6 is 89.9 Å². The van der Waals surface area contributed by atoms with Gasteiger partial charge in [-0.25, -0.2) is 13.2 Å². The minimum atomic E-state index is -4.77. The molecular formula is C79H91Br2Cl5F12. The van der Waals surface area contributed by atoms with Gasteiger partial charge < -0.3 is 0 Å². The molecule has 0 unspecified atom stereocenters. The third kappa shape index (κ3) is 33.4. The van der Waals surface area contributed by atoms with Crippen molar-refractivity contribution in [2.24, 2.45) is 0 Å². The Kier molecular flexibility index (Phi) is 39.2. The van der Waals surface area contributed by atoms with E-state index in [1.54, 1.807) is 26.8 Å². The van der Waals surface area contributed by atoms with E-state index in [9.17, 15) is 52.7 Å². The summed E-state index contributed by atoms with van der Waals surface area (Å²) < 4.78 is 152. The third-order valence-corrected chi connectivity index (χ3v) is 17.3. The summed E-state index contributed by atoms with van der Waals surface area (Å²) >= 11 is 36.3. The van der Waals surface area contributed by atoms with Crippen molar-refractivity contribution >= 4 is 89.9 Å².